The number of benzene rings is 1. The van der Waals surface area contributed by atoms with Crippen LogP contribution in [0.25, 0.3) is 17.1 Å². The Balaban J connectivity index is 2.05. The van der Waals surface area contributed by atoms with Gasteiger partial charge in [-0.3, -0.25) is 4.79 Å². The molecule has 6 heteroatoms. The Morgan fingerprint density at radius 1 is 1.24 bits per heavy atom. The first-order valence-electron chi connectivity index (χ1n) is 8.36. The lowest BCUT2D eigenvalue weighted by molar-refractivity contribution is 0.0945. The number of amides is 1. The van der Waals surface area contributed by atoms with Crippen LogP contribution in [0.3, 0.4) is 0 Å². The molecule has 0 saturated carbocycles. The van der Waals surface area contributed by atoms with Crippen molar-refractivity contribution in [2.45, 2.75) is 19.8 Å². The number of aryl methyl sites for hydroxylation is 1. The summed E-state index contributed by atoms with van der Waals surface area (Å²) in [6.07, 6.45) is 3.92. The van der Waals surface area contributed by atoms with Crippen LogP contribution in [0.15, 0.2) is 48.7 Å². The van der Waals surface area contributed by atoms with Crippen LogP contribution in [-0.4, -0.2) is 26.8 Å². The zero-order valence-electron chi connectivity index (χ0n) is 14.4. The highest BCUT2D eigenvalue weighted by atomic mass is 35.5. The van der Waals surface area contributed by atoms with Crippen molar-refractivity contribution in [1.82, 2.24) is 19.7 Å². The first kappa shape index (κ1) is 17.3. The first-order valence-corrected chi connectivity index (χ1v) is 8.74. The maximum Gasteiger partial charge on any atom is 0.270 e. The highest BCUT2D eigenvalue weighted by molar-refractivity contribution is 6.32. The van der Waals surface area contributed by atoms with Gasteiger partial charge >= 0.3 is 0 Å². The molecule has 0 aliphatic carbocycles. The van der Waals surface area contributed by atoms with E-state index in [1.165, 1.54) is 0 Å². The van der Waals surface area contributed by atoms with Crippen molar-refractivity contribution in [3.63, 3.8) is 0 Å². The molecule has 2 aromatic heterocycles. The van der Waals surface area contributed by atoms with Crippen molar-refractivity contribution in [2.75, 3.05) is 6.54 Å². The SMILES string of the molecule is CCCCNC(=O)c1cc(-c2cccn2C)nn1-c1ccccc1Cl. The van der Waals surface area contributed by atoms with Gasteiger partial charge in [-0.15, -0.1) is 0 Å². The summed E-state index contributed by atoms with van der Waals surface area (Å²) in [4.78, 5) is 12.7. The van der Waals surface area contributed by atoms with Gasteiger partial charge < -0.3 is 9.88 Å². The summed E-state index contributed by atoms with van der Waals surface area (Å²) in [6, 6.07) is 13.1. The van der Waals surface area contributed by atoms with Crippen molar-refractivity contribution >= 4 is 17.5 Å². The van der Waals surface area contributed by atoms with Crippen LogP contribution in [0.1, 0.15) is 30.3 Å². The number of hydrogen-bond donors (Lipinski definition) is 1. The molecule has 2 heterocycles. The van der Waals surface area contributed by atoms with Crippen LogP contribution in [0, 0.1) is 0 Å². The van der Waals surface area contributed by atoms with Gasteiger partial charge in [-0.25, -0.2) is 4.68 Å². The number of hydrogen-bond acceptors (Lipinski definition) is 2. The number of para-hydroxylation sites is 1. The van der Waals surface area contributed by atoms with Gasteiger partial charge in [0, 0.05) is 19.8 Å². The van der Waals surface area contributed by atoms with Gasteiger partial charge in [0.15, 0.2) is 0 Å². The van der Waals surface area contributed by atoms with Gasteiger partial charge in [0.1, 0.15) is 11.4 Å². The molecule has 0 unspecified atom stereocenters. The Hall–Kier alpha value is -2.53. The standard InChI is InChI=1S/C19H21ClN4O/c1-3-4-11-21-19(25)18-13-15(17-10-7-12-23(17)2)22-24(18)16-9-6-5-8-14(16)20/h5-10,12-13H,3-4,11H2,1-2H3,(H,21,25). The van der Waals surface area contributed by atoms with Crippen molar-refractivity contribution in [3.05, 3.63) is 59.4 Å². The number of rotatable bonds is 6. The predicted octanol–water partition coefficient (Wildman–Crippen LogP) is 4.06. The van der Waals surface area contributed by atoms with Crippen molar-refractivity contribution in [3.8, 4) is 17.1 Å². The monoisotopic (exact) mass is 356 g/mol. The van der Waals surface area contributed by atoms with Gasteiger partial charge in [0.05, 0.1) is 16.4 Å². The van der Waals surface area contributed by atoms with Crippen molar-refractivity contribution < 1.29 is 4.79 Å². The van der Waals surface area contributed by atoms with Gasteiger partial charge in [0.2, 0.25) is 0 Å². The molecule has 0 spiro atoms. The summed E-state index contributed by atoms with van der Waals surface area (Å²) in [5.74, 6) is -0.152. The average molecular weight is 357 g/mol. The molecule has 3 rings (SSSR count). The third-order valence-corrected chi connectivity index (χ3v) is 4.36. The molecule has 1 aromatic carbocycles. The number of unbranched alkanes of at least 4 members (excludes halogenated alkanes) is 1. The lowest BCUT2D eigenvalue weighted by atomic mass is 10.2. The number of carbonyl (C=O) groups is 1. The lowest BCUT2D eigenvalue weighted by Crippen LogP contribution is -2.26. The number of halogens is 1. The Morgan fingerprint density at radius 2 is 2.04 bits per heavy atom. The zero-order valence-corrected chi connectivity index (χ0v) is 15.1. The minimum Gasteiger partial charge on any atom is -0.351 e. The summed E-state index contributed by atoms with van der Waals surface area (Å²) < 4.78 is 3.59. The topological polar surface area (TPSA) is 51.9 Å². The van der Waals surface area contributed by atoms with Gasteiger partial charge in [0.25, 0.3) is 5.91 Å². The fourth-order valence-electron chi connectivity index (χ4n) is 2.67. The highest BCUT2D eigenvalue weighted by Crippen LogP contribution is 2.25. The minimum absolute atomic E-state index is 0.152. The van der Waals surface area contributed by atoms with E-state index in [4.69, 9.17) is 11.6 Å². The van der Waals surface area contributed by atoms with Crippen LogP contribution in [0.5, 0.6) is 0 Å². The van der Waals surface area contributed by atoms with E-state index in [2.05, 4.69) is 17.3 Å². The quantitative estimate of drug-likeness (QED) is 0.677. The molecule has 5 nitrogen and oxygen atoms in total. The molecule has 1 amide bonds. The molecule has 130 valence electrons. The van der Waals surface area contributed by atoms with Crippen LogP contribution < -0.4 is 5.32 Å². The normalized spacial score (nSPS) is 10.8. The Bertz CT molecular complexity index is 881. The summed E-state index contributed by atoms with van der Waals surface area (Å²) >= 11 is 6.33. The van der Waals surface area contributed by atoms with Gasteiger partial charge in [-0.1, -0.05) is 37.1 Å². The van der Waals surface area contributed by atoms with E-state index in [0.717, 1.165) is 24.2 Å². The third kappa shape index (κ3) is 3.61. The van der Waals surface area contributed by atoms with Crippen molar-refractivity contribution in [2.24, 2.45) is 7.05 Å². The fraction of sp³-hybridized carbons (Fsp3) is 0.263. The smallest absolute Gasteiger partial charge is 0.270 e. The second-order valence-electron chi connectivity index (χ2n) is 5.89. The van der Waals surface area contributed by atoms with Crippen molar-refractivity contribution in [1.29, 1.82) is 0 Å². The van der Waals surface area contributed by atoms with E-state index < -0.39 is 0 Å². The van der Waals surface area contributed by atoms with Gasteiger partial charge in [-0.2, -0.15) is 5.10 Å². The first-order chi connectivity index (χ1) is 12.1. The molecule has 0 bridgehead atoms. The summed E-state index contributed by atoms with van der Waals surface area (Å²) in [7, 11) is 1.95. The predicted molar refractivity (Wildman–Crippen MR) is 100 cm³/mol. The molecule has 0 aliphatic rings. The van der Waals surface area contributed by atoms with E-state index in [-0.39, 0.29) is 5.91 Å². The Labute approximate surface area is 152 Å². The Kier molecular flexibility index (Phi) is 5.24. The molecule has 0 saturated heterocycles. The fourth-order valence-corrected chi connectivity index (χ4v) is 2.89. The second-order valence-corrected chi connectivity index (χ2v) is 6.30. The number of nitrogens with one attached hydrogen (secondary N) is 1. The maximum atomic E-state index is 12.7. The van der Waals surface area contributed by atoms with E-state index in [1.54, 1.807) is 16.8 Å². The van der Waals surface area contributed by atoms with Crippen LogP contribution in [0.2, 0.25) is 5.02 Å². The van der Waals surface area contributed by atoms with E-state index in [9.17, 15) is 4.79 Å². The maximum absolute atomic E-state index is 12.7. The van der Waals surface area contributed by atoms with E-state index >= 15 is 0 Å². The molecule has 3 aromatic rings. The molecule has 0 aliphatic heterocycles. The zero-order chi connectivity index (χ0) is 17.8. The molecule has 25 heavy (non-hydrogen) atoms. The highest BCUT2D eigenvalue weighted by Gasteiger charge is 2.19. The molecular weight excluding hydrogens is 336 g/mol. The molecule has 0 atom stereocenters. The van der Waals surface area contributed by atoms with Crippen LogP contribution in [0.4, 0.5) is 0 Å². The molecule has 0 fully saturated rings. The van der Waals surface area contributed by atoms with E-state index in [0.29, 0.717) is 22.9 Å². The Morgan fingerprint density at radius 3 is 2.72 bits per heavy atom. The third-order valence-electron chi connectivity index (χ3n) is 4.04. The van der Waals surface area contributed by atoms with E-state index in [1.807, 2.05) is 48.1 Å². The molecule has 0 radical (unpaired) electrons. The minimum atomic E-state index is -0.152. The summed E-state index contributed by atoms with van der Waals surface area (Å²) in [6.45, 7) is 2.73. The summed E-state index contributed by atoms with van der Waals surface area (Å²) in [5.41, 5.74) is 2.83. The van der Waals surface area contributed by atoms with Gasteiger partial charge in [-0.05, 0) is 36.8 Å². The van der Waals surface area contributed by atoms with Crippen LogP contribution >= 0.6 is 11.6 Å². The largest absolute Gasteiger partial charge is 0.351 e. The second kappa shape index (κ2) is 7.57. The lowest BCUT2D eigenvalue weighted by Gasteiger charge is -2.09. The number of nitrogens with zero attached hydrogens (tertiary/aromatic N) is 3. The average Bonchev–Trinajstić information content (AvgIpc) is 3.21. The summed E-state index contributed by atoms with van der Waals surface area (Å²) in [5, 5.41) is 8.15. The van der Waals surface area contributed by atoms with Crippen LogP contribution in [-0.2, 0) is 7.05 Å². The molecular formula is C19H21ClN4O. The molecule has 1 N–H and O–H groups in total. The number of carbonyl (C=O) groups excluding carboxylic acids is 1. The number of aromatic nitrogens is 3.